The summed E-state index contributed by atoms with van der Waals surface area (Å²) in [5.74, 6) is 0. The van der Waals surface area contributed by atoms with Crippen molar-refractivity contribution >= 4 is 11.9 Å². The first-order valence-corrected chi connectivity index (χ1v) is 7.74. The minimum atomic E-state index is 1.03. The number of rotatable bonds is 4. The second-order valence-electron chi connectivity index (χ2n) is 5.68. The fourth-order valence-corrected chi connectivity index (χ4v) is 2.51. The first-order valence-electron chi connectivity index (χ1n) is 7.74. The van der Waals surface area contributed by atoms with Crippen LogP contribution in [0.3, 0.4) is 0 Å². The van der Waals surface area contributed by atoms with Crippen LogP contribution in [-0.4, -0.2) is 6.21 Å². The Bertz CT molecular complexity index is 803. The average molecular weight is 300 g/mol. The van der Waals surface area contributed by atoms with Gasteiger partial charge in [0.05, 0.1) is 11.9 Å². The third-order valence-electron chi connectivity index (χ3n) is 3.80. The van der Waals surface area contributed by atoms with Crippen molar-refractivity contribution in [2.75, 3.05) is 5.43 Å². The predicted molar refractivity (Wildman–Crippen MR) is 99.0 cm³/mol. The van der Waals surface area contributed by atoms with Gasteiger partial charge in [-0.3, -0.25) is 5.43 Å². The average Bonchev–Trinajstić information content (AvgIpc) is 2.58. The minimum Gasteiger partial charge on any atom is -0.278 e. The Labute approximate surface area is 137 Å². The molecule has 1 N–H and O–H groups in total. The Morgan fingerprint density at radius 1 is 0.783 bits per heavy atom. The molecule has 0 spiro atoms. The highest BCUT2D eigenvalue weighted by Crippen LogP contribution is 2.19. The van der Waals surface area contributed by atoms with Gasteiger partial charge in [-0.15, -0.1) is 0 Å². The highest BCUT2D eigenvalue weighted by atomic mass is 15.3. The first kappa shape index (κ1) is 15.0. The molecular formula is C21H20N2. The van der Waals surface area contributed by atoms with Crippen LogP contribution >= 0.6 is 0 Å². The lowest BCUT2D eigenvalue weighted by molar-refractivity contribution is 1.29. The zero-order chi connectivity index (χ0) is 16.1. The lowest BCUT2D eigenvalue weighted by atomic mass is 10.0. The van der Waals surface area contributed by atoms with Crippen LogP contribution in [0, 0.1) is 13.8 Å². The smallest absolute Gasteiger partial charge is 0.0591 e. The van der Waals surface area contributed by atoms with Crippen molar-refractivity contribution in [3.8, 4) is 11.1 Å². The van der Waals surface area contributed by atoms with E-state index in [2.05, 4.69) is 91.1 Å². The predicted octanol–water partition coefficient (Wildman–Crippen LogP) is 5.42. The largest absolute Gasteiger partial charge is 0.278 e. The highest BCUT2D eigenvalue weighted by molar-refractivity contribution is 5.81. The van der Waals surface area contributed by atoms with Crippen molar-refractivity contribution in [2.45, 2.75) is 13.8 Å². The second kappa shape index (κ2) is 6.93. The van der Waals surface area contributed by atoms with E-state index in [0.717, 1.165) is 11.3 Å². The lowest BCUT2D eigenvalue weighted by Crippen LogP contribution is -1.93. The monoisotopic (exact) mass is 300 g/mol. The molecule has 114 valence electrons. The Balaban J connectivity index is 1.68. The molecule has 0 fully saturated rings. The van der Waals surface area contributed by atoms with Crippen LogP contribution < -0.4 is 5.43 Å². The van der Waals surface area contributed by atoms with Crippen molar-refractivity contribution in [3.05, 3.63) is 89.5 Å². The quantitative estimate of drug-likeness (QED) is 0.505. The molecule has 0 aliphatic carbocycles. The van der Waals surface area contributed by atoms with Crippen LogP contribution in [0.25, 0.3) is 11.1 Å². The SMILES string of the molecule is Cc1ccc(NN=Cc2ccc(-c3ccccc3)cc2)c(C)c1. The first-order chi connectivity index (χ1) is 11.2. The summed E-state index contributed by atoms with van der Waals surface area (Å²) >= 11 is 0. The third kappa shape index (κ3) is 3.86. The van der Waals surface area contributed by atoms with Crippen LogP contribution in [0.1, 0.15) is 16.7 Å². The molecule has 3 aromatic rings. The molecule has 0 atom stereocenters. The van der Waals surface area contributed by atoms with Gasteiger partial charge in [0, 0.05) is 0 Å². The Kier molecular flexibility index (Phi) is 4.53. The van der Waals surface area contributed by atoms with Gasteiger partial charge in [-0.25, -0.2) is 0 Å². The Hall–Kier alpha value is -2.87. The summed E-state index contributed by atoms with van der Waals surface area (Å²) in [6.45, 7) is 4.17. The van der Waals surface area contributed by atoms with Crippen LogP contribution in [0.15, 0.2) is 77.9 Å². The maximum atomic E-state index is 4.33. The van der Waals surface area contributed by atoms with Gasteiger partial charge in [0.1, 0.15) is 0 Å². The van der Waals surface area contributed by atoms with Crippen LogP contribution in [-0.2, 0) is 0 Å². The van der Waals surface area contributed by atoms with E-state index in [4.69, 9.17) is 0 Å². The number of anilines is 1. The maximum Gasteiger partial charge on any atom is 0.0591 e. The summed E-state index contributed by atoms with van der Waals surface area (Å²) in [7, 11) is 0. The van der Waals surface area contributed by atoms with Crippen molar-refractivity contribution < 1.29 is 0 Å². The maximum absolute atomic E-state index is 4.33. The molecule has 0 aliphatic rings. The summed E-state index contributed by atoms with van der Waals surface area (Å²) in [6.07, 6.45) is 1.84. The summed E-state index contributed by atoms with van der Waals surface area (Å²) < 4.78 is 0. The van der Waals surface area contributed by atoms with Gasteiger partial charge in [-0.2, -0.15) is 5.10 Å². The second-order valence-corrected chi connectivity index (χ2v) is 5.68. The molecule has 0 amide bonds. The van der Waals surface area contributed by atoms with Crippen molar-refractivity contribution in [3.63, 3.8) is 0 Å². The molecule has 0 radical (unpaired) electrons. The van der Waals surface area contributed by atoms with Crippen LogP contribution in [0.2, 0.25) is 0 Å². The molecule has 0 aromatic heterocycles. The summed E-state index contributed by atoms with van der Waals surface area (Å²) in [5.41, 5.74) is 10.1. The van der Waals surface area contributed by atoms with E-state index in [-0.39, 0.29) is 0 Å². The van der Waals surface area contributed by atoms with Crippen molar-refractivity contribution in [1.29, 1.82) is 0 Å². The Morgan fingerprint density at radius 3 is 2.17 bits per heavy atom. The number of hydrazone groups is 1. The topological polar surface area (TPSA) is 24.4 Å². The van der Waals surface area contributed by atoms with Gasteiger partial charge in [-0.05, 0) is 42.2 Å². The van der Waals surface area contributed by atoms with E-state index in [1.807, 2.05) is 12.3 Å². The van der Waals surface area contributed by atoms with Gasteiger partial charge >= 0.3 is 0 Å². The van der Waals surface area contributed by atoms with Gasteiger partial charge in [0.2, 0.25) is 0 Å². The van der Waals surface area contributed by atoms with E-state index in [0.29, 0.717) is 0 Å². The van der Waals surface area contributed by atoms with Gasteiger partial charge in [0.25, 0.3) is 0 Å². The van der Waals surface area contributed by atoms with E-state index in [9.17, 15) is 0 Å². The summed E-state index contributed by atoms with van der Waals surface area (Å²) in [4.78, 5) is 0. The molecule has 0 saturated carbocycles. The van der Waals surface area contributed by atoms with E-state index >= 15 is 0 Å². The minimum absolute atomic E-state index is 1.03. The molecule has 3 aromatic carbocycles. The van der Waals surface area contributed by atoms with Crippen LogP contribution in [0.5, 0.6) is 0 Å². The van der Waals surface area contributed by atoms with E-state index < -0.39 is 0 Å². The zero-order valence-corrected chi connectivity index (χ0v) is 13.5. The number of aryl methyl sites for hydroxylation is 2. The lowest BCUT2D eigenvalue weighted by Gasteiger charge is -2.05. The van der Waals surface area contributed by atoms with Gasteiger partial charge in [-0.1, -0.05) is 72.3 Å². The number of nitrogens with one attached hydrogen (secondary N) is 1. The molecular weight excluding hydrogens is 280 g/mol. The van der Waals surface area contributed by atoms with E-state index in [1.54, 1.807) is 0 Å². The number of hydrogen-bond donors (Lipinski definition) is 1. The standard InChI is InChI=1S/C21H20N2/c1-16-8-13-21(17(2)14-16)23-22-15-18-9-11-20(12-10-18)19-6-4-3-5-7-19/h3-15,23H,1-2H3. The molecule has 3 rings (SSSR count). The molecule has 0 unspecified atom stereocenters. The van der Waals surface area contributed by atoms with Gasteiger partial charge in [0.15, 0.2) is 0 Å². The molecule has 23 heavy (non-hydrogen) atoms. The number of benzene rings is 3. The zero-order valence-electron chi connectivity index (χ0n) is 13.5. The Morgan fingerprint density at radius 2 is 1.48 bits per heavy atom. The molecule has 0 heterocycles. The molecule has 0 saturated heterocycles. The fourth-order valence-electron chi connectivity index (χ4n) is 2.51. The fraction of sp³-hybridized carbons (Fsp3) is 0.0952. The highest BCUT2D eigenvalue weighted by Gasteiger charge is 1.97. The third-order valence-corrected chi connectivity index (χ3v) is 3.80. The number of hydrogen-bond acceptors (Lipinski definition) is 2. The normalized spacial score (nSPS) is 10.9. The molecule has 0 bridgehead atoms. The van der Waals surface area contributed by atoms with Crippen molar-refractivity contribution in [2.24, 2.45) is 5.10 Å². The van der Waals surface area contributed by atoms with Crippen molar-refractivity contribution in [1.82, 2.24) is 0 Å². The molecule has 0 aliphatic heterocycles. The number of nitrogens with zero attached hydrogens (tertiary/aromatic N) is 1. The molecule has 2 nitrogen and oxygen atoms in total. The molecule has 2 heteroatoms. The summed E-state index contributed by atoms with van der Waals surface area (Å²) in [5, 5.41) is 4.33. The van der Waals surface area contributed by atoms with E-state index in [1.165, 1.54) is 22.3 Å². The van der Waals surface area contributed by atoms with Gasteiger partial charge < -0.3 is 0 Å². The van der Waals surface area contributed by atoms with Crippen LogP contribution in [0.4, 0.5) is 5.69 Å². The summed E-state index contributed by atoms with van der Waals surface area (Å²) in [6, 6.07) is 25.1.